The maximum Gasteiger partial charge on any atom is 0.257 e. The molecule has 2 rings (SSSR count). The van der Waals surface area contributed by atoms with Crippen molar-refractivity contribution in [3.05, 3.63) is 66.7 Å². The van der Waals surface area contributed by atoms with Crippen LogP contribution in [0.5, 0.6) is 11.5 Å². The van der Waals surface area contributed by atoms with Gasteiger partial charge in [-0.3, -0.25) is 10.1 Å². The van der Waals surface area contributed by atoms with Crippen LogP contribution in [0, 0.1) is 0 Å². The van der Waals surface area contributed by atoms with Crippen molar-refractivity contribution >= 4 is 28.9 Å². The predicted octanol–water partition coefficient (Wildman–Crippen LogP) is 4.17. The van der Waals surface area contributed by atoms with Crippen LogP contribution in [0.2, 0.25) is 0 Å². The average Bonchev–Trinajstić information content (AvgIpc) is 2.66. The maximum atomic E-state index is 12.3. The Hall–Kier alpha value is -2.86. The highest BCUT2D eigenvalue weighted by Crippen LogP contribution is 2.16. The van der Waals surface area contributed by atoms with E-state index in [1.807, 2.05) is 37.3 Å². The number of ether oxygens (including phenoxy) is 2. The van der Waals surface area contributed by atoms with Gasteiger partial charge in [0.2, 0.25) is 0 Å². The average molecular weight is 370 g/mol. The summed E-state index contributed by atoms with van der Waals surface area (Å²) in [6.45, 7) is 6.68. The van der Waals surface area contributed by atoms with Crippen molar-refractivity contribution in [2.24, 2.45) is 0 Å². The minimum absolute atomic E-state index is 0.217. The lowest BCUT2D eigenvalue weighted by atomic mass is 10.2. The van der Waals surface area contributed by atoms with Gasteiger partial charge in [0.1, 0.15) is 18.1 Å². The van der Waals surface area contributed by atoms with Gasteiger partial charge < -0.3 is 14.8 Å². The van der Waals surface area contributed by atoms with Gasteiger partial charge in [0.05, 0.1) is 6.61 Å². The Labute approximate surface area is 159 Å². The minimum atomic E-state index is -0.296. The molecule has 0 atom stereocenters. The molecule has 0 aromatic heterocycles. The molecule has 0 bridgehead atoms. The van der Waals surface area contributed by atoms with E-state index in [-0.39, 0.29) is 11.0 Å². The van der Waals surface area contributed by atoms with Crippen LogP contribution in [0.25, 0.3) is 0 Å². The molecule has 0 heterocycles. The zero-order valence-electron chi connectivity index (χ0n) is 14.7. The predicted molar refractivity (Wildman–Crippen MR) is 108 cm³/mol. The number of nitrogens with one attached hydrogen (secondary N) is 2. The van der Waals surface area contributed by atoms with E-state index in [1.54, 1.807) is 24.3 Å². The van der Waals surface area contributed by atoms with Gasteiger partial charge in [0, 0.05) is 11.3 Å². The second-order valence-corrected chi connectivity index (χ2v) is 5.82. The highest BCUT2D eigenvalue weighted by molar-refractivity contribution is 7.80. The molecule has 2 aromatic rings. The number of amides is 1. The second kappa shape index (κ2) is 10.2. The Morgan fingerprint density at radius 3 is 2.62 bits per heavy atom. The third-order valence-corrected chi connectivity index (χ3v) is 3.48. The number of hydrogen-bond donors (Lipinski definition) is 2. The van der Waals surface area contributed by atoms with E-state index in [9.17, 15) is 4.79 Å². The molecule has 6 heteroatoms. The fourth-order valence-electron chi connectivity index (χ4n) is 2.07. The Morgan fingerprint density at radius 2 is 1.92 bits per heavy atom. The van der Waals surface area contributed by atoms with Crippen molar-refractivity contribution in [1.29, 1.82) is 0 Å². The Bertz CT molecular complexity index is 760. The van der Waals surface area contributed by atoms with Crippen molar-refractivity contribution in [1.82, 2.24) is 5.32 Å². The zero-order valence-corrected chi connectivity index (χ0v) is 15.5. The summed E-state index contributed by atoms with van der Waals surface area (Å²) in [5.74, 6) is 1.10. The molecule has 136 valence electrons. The van der Waals surface area contributed by atoms with Gasteiger partial charge in [-0.05, 0) is 61.1 Å². The van der Waals surface area contributed by atoms with Crippen LogP contribution in [-0.4, -0.2) is 24.2 Å². The number of thiocarbonyl (C=S) groups is 1. The lowest BCUT2D eigenvalue weighted by Gasteiger charge is -2.11. The molecule has 0 unspecified atom stereocenters. The van der Waals surface area contributed by atoms with Crippen LogP contribution in [0.3, 0.4) is 0 Å². The van der Waals surface area contributed by atoms with Crippen LogP contribution < -0.4 is 20.1 Å². The molecule has 2 N–H and O–H groups in total. The smallest absolute Gasteiger partial charge is 0.257 e. The normalized spacial score (nSPS) is 9.88. The molecular formula is C20H22N2O3S. The first kappa shape index (κ1) is 19.5. The van der Waals surface area contributed by atoms with Gasteiger partial charge in [-0.1, -0.05) is 25.6 Å². The summed E-state index contributed by atoms with van der Waals surface area (Å²) in [7, 11) is 0. The number of carbonyl (C=O) groups excluding carboxylic acids is 1. The zero-order chi connectivity index (χ0) is 18.8. The van der Waals surface area contributed by atoms with Gasteiger partial charge in [-0.2, -0.15) is 0 Å². The summed E-state index contributed by atoms with van der Waals surface area (Å²) in [6.07, 6.45) is 2.58. The molecule has 0 saturated carbocycles. The highest BCUT2D eigenvalue weighted by Gasteiger charge is 2.09. The van der Waals surface area contributed by atoms with Crippen molar-refractivity contribution in [3.8, 4) is 11.5 Å². The quantitative estimate of drug-likeness (QED) is 0.540. The third kappa shape index (κ3) is 6.22. The molecule has 5 nitrogen and oxygen atoms in total. The second-order valence-electron chi connectivity index (χ2n) is 5.41. The van der Waals surface area contributed by atoms with Crippen LogP contribution in [0.15, 0.2) is 61.2 Å². The first-order valence-electron chi connectivity index (χ1n) is 8.31. The molecule has 0 radical (unpaired) electrons. The molecule has 0 spiro atoms. The third-order valence-electron chi connectivity index (χ3n) is 3.28. The standard InChI is InChI=1S/C20H22N2O3S/c1-3-12-24-17-10-8-16(9-11-17)21-20(26)22-19(23)15-6-5-7-18(14-15)25-13-4-2/h3,5-11,14H,1,4,12-13H2,2H3,(H2,21,22,23,26). The Kier molecular flexibility index (Phi) is 7.64. The van der Waals surface area contributed by atoms with Crippen molar-refractivity contribution < 1.29 is 14.3 Å². The van der Waals surface area contributed by atoms with Gasteiger partial charge in [-0.25, -0.2) is 0 Å². The summed E-state index contributed by atoms with van der Waals surface area (Å²) < 4.78 is 11.0. The topological polar surface area (TPSA) is 59.6 Å². The molecule has 1 amide bonds. The minimum Gasteiger partial charge on any atom is -0.494 e. The van der Waals surface area contributed by atoms with E-state index in [0.717, 1.165) is 17.9 Å². The van der Waals surface area contributed by atoms with Crippen molar-refractivity contribution in [3.63, 3.8) is 0 Å². The van der Waals surface area contributed by atoms with E-state index in [0.29, 0.717) is 24.5 Å². The number of rotatable bonds is 8. The summed E-state index contributed by atoms with van der Waals surface area (Å²) in [5, 5.41) is 5.84. The Morgan fingerprint density at radius 1 is 1.15 bits per heavy atom. The number of benzene rings is 2. The molecule has 0 aliphatic carbocycles. The molecule has 0 saturated heterocycles. The van der Waals surface area contributed by atoms with Crippen molar-refractivity contribution in [2.45, 2.75) is 13.3 Å². The lowest BCUT2D eigenvalue weighted by Crippen LogP contribution is -2.34. The lowest BCUT2D eigenvalue weighted by molar-refractivity contribution is 0.0977. The van der Waals surface area contributed by atoms with E-state index >= 15 is 0 Å². The van der Waals surface area contributed by atoms with Crippen molar-refractivity contribution in [2.75, 3.05) is 18.5 Å². The fraction of sp³-hybridized carbons (Fsp3) is 0.200. The summed E-state index contributed by atoms with van der Waals surface area (Å²) >= 11 is 5.20. The molecule has 2 aromatic carbocycles. The number of carbonyl (C=O) groups is 1. The molecule has 26 heavy (non-hydrogen) atoms. The van der Waals surface area contributed by atoms with Crippen LogP contribution in [0.1, 0.15) is 23.7 Å². The summed E-state index contributed by atoms with van der Waals surface area (Å²) in [6, 6.07) is 14.3. The van der Waals surface area contributed by atoms with E-state index in [1.165, 1.54) is 0 Å². The summed E-state index contributed by atoms with van der Waals surface area (Å²) in [5.41, 5.74) is 1.23. The SMILES string of the molecule is C=CCOc1ccc(NC(=S)NC(=O)c2cccc(OCCC)c2)cc1. The number of anilines is 1. The van der Waals surface area contributed by atoms with Gasteiger partial charge >= 0.3 is 0 Å². The van der Waals surface area contributed by atoms with Gasteiger partial charge in [0.25, 0.3) is 5.91 Å². The van der Waals surface area contributed by atoms with E-state index < -0.39 is 0 Å². The van der Waals surface area contributed by atoms with E-state index in [2.05, 4.69) is 17.2 Å². The van der Waals surface area contributed by atoms with E-state index in [4.69, 9.17) is 21.7 Å². The first-order chi connectivity index (χ1) is 12.6. The Balaban J connectivity index is 1.90. The van der Waals surface area contributed by atoms with Gasteiger partial charge in [0.15, 0.2) is 5.11 Å². The maximum absolute atomic E-state index is 12.3. The number of hydrogen-bond acceptors (Lipinski definition) is 4. The fourth-order valence-corrected chi connectivity index (χ4v) is 2.28. The van der Waals surface area contributed by atoms with Crippen LogP contribution in [0.4, 0.5) is 5.69 Å². The van der Waals surface area contributed by atoms with Gasteiger partial charge in [-0.15, -0.1) is 0 Å². The summed E-state index contributed by atoms with van der Waals surface area (Å²) in [4.78, 5) is 12.3. The largest absolute Gasteiger partial charge is 0.494 e. The van der Waals surface area contributed by atoms with Crippen LogP contribution >= 0.6 is 12.2 Å². The molecule has 0 fully saturated rings. The molecule has 0 aliphatic rings. The van der Waals surface area contributed by atoms with Crippen LogP contribution in [-0.2, 0) is 0 Å². The highest BCUT2D eigenvalue weighted by atomic mass is 32.1. The monoisotopic (exact) mass is 370 g/mol. The molecule has 0 aliphatic heterocycles. The first-order valence-corrected chi connectivity index (χ1v) is 8.72. The molecular weight excluding hydrogens is 348 g/mol.